The molecule has 1 aliphatic rings. The van der Waals surface area contributed by atoms with Crippen LogP contribution in [-0.4, -0.2) is 19.6 Å². The average Bonchev–Trinajstić information content (AvgIpc) is 2.03. The highest BCUT2D eigenvalue weighted by molar-refractivity contribution is 5.11. The van der Waals surface area contributed by atoms with E-state index in [4.69, 9.17) is 0 Å². The summed E-state index contributed by atoms with van der Waals surface area (Å²) < 4.78 is 0. The monoisotopic (exact) mass is 138 g/mol. The maximum Gasteiger partial charge on any atom is 0.0454 e. The van der Waals surface area contributed by atoms with E-state index in [0.29, 0.717) is 6.04 Å². The Bertz CT molecular complexity index is 138. The van der Waals surface area contributed by atoms with Gasteiger partial charge in [-0.15, -0.1) is 0 Å². The lowest BCUT2D eigenvalue weighted by Crippen LogP contribution is -2.27. The molecule has 10 heavy (non-hydrogen) atoms. The van der Waals surface area contributed by atoms with Crippen molar-refractivity contribution in [1.82, 2.24) is 10.6 Å². The van der Waals surface area contributed by atoms with Crippen LogP contribution in [0.15, 0.2) is 24.4 Å². The second-order valence-electron chi connectivity index (χ2n) is 2.41. The van der Waals surface area contributed by atoms with Crippen LogP contribution in [0, 0.1) is 0 Å². The van der Waals surface area contributed by atoms with Gasteiger partial charge < -0.3 is 10.6 Å². The number of dihydropyridines is 1. The molecular weight excluding hydrogens is 124 g/mol. The summed E-state index contributed by atoms with van der Waals surface area (Å²) in [6, 6.07) is 0.525. The van der Waals surface area contributed by atoms with Crippen LogP contribution in [0.2, 0.25) is 0 Å². The summed E-state index contributed by atoms with van der Waals surface area (Å²) in [5, 5.41) is 6.36. The van der Waals surface area contributed by atoms with Crippen LogP contribution in [-0.2, 0) is 0 Å². The number of nitrogens with one attached hydrogen (secondary N) is 2. The van der Waals surface area contributed by atoms with Crippen molar-refractivity contribution in [3.8, 4) is 0 Å². The van der Waals surface area contributed by atoms with E-state index < -0.39 is 0 Å². The second-order valence-corrected chi connectivity index (χ2v) is 2.41. The van der Waals surface area contributed by atoms with Crippen molar-refractivity contribution in [3.63, 3.8) is 0 Å². The molecule has 2 N–H and O–H groups in total. The summed E-state index contributed by atoms with van der Waals surface area (Å²) in [5.74, 6) is 0. The predicted octanol–water partition coefficient (Wildman–Crippen LogP) is 0.638. The van der Waals surface area contributed by atoms with Crippen molar-refractivity contribution in [3.05, 3.63) is 24.4 Å². The molecule has 0 spiro atoms. The Balaban J connectivity index is 2.17. The number of rotatable bonds is 3. The van der Waals surface area contributed by atoms with E-state index in [9.17, 15) is 0 Å². The van der Waals surface area contributed by atoms with Gasteiger partial charge in [-0.1, -0.05) is 12.2 Å². The molecule has 2 nitrogen and oxygen atoms in total. The third-order valence-corrected chi connectivity index (χ3v) is 1.57. The van der Waals surface area contributed by atoms with E-state index in [1.54, 1.807) is 0 Å². The third kappa shape index (κ3) is 2.23. The van der Waals surface area contributed by atoms with Gasteiger partial charge in [-0.3, -0.25) is 0 Å². The minimum atomic E-state index is 0.525. The van der Waals surface area contributed by atoms with Gasteiger partial charge in [0.1, 0.15) is 0 Å². The normalized spacial score (nSPS) is 22.7. The quantitative estimate of drug-likeness (QED) is 0.598. The summed E-state index contributed by atoms with van der Waals surface area (Å²) in [6.45, 7) is 1.07. The fourth-order valence-corrected chi connectivity index (χ4v) is 0.968. The Morgan fingerprint density at radius 3 is 3.00 bits per heavy atom. The number of hydrogen-bond acceptors (Lipinski definition) is 2. The number of allylic oxidation sites excluding steroid dienone is 2. The van der Waals surface area contributed by atoms with E-state index in [1.165, 1.54) is 0 Å². The molecule has 0 radical (unpaired) electrons. The zero-order chi connectivity index (χ0) is 7.23. The lowest BCUT2D eigenvalue weighted by atomic mass is 10.1. The van der Waals surface area contributed by atoms with Crippen LogP contribution in [0.5, 0.6) is 0 Å². The van der Waals surface area contributed by atoms with Gasteiger partial charge in [0.2, 0.25) is 0 Å². The Kier molecular flexibility index (Phi) is 3.03. The van der Waals surface area contributed by atoms with Gasteiger partial charge in [0.15, 0.2) is 0 Å². The van der Waals surface area contributed by atoms with Gasteiger partial charge in [-0.05, 0) is 32.3 Å². The minimum absolute atomic E-state index is 0.525. The molecule has 1 heterocycles. The SMILES string of the molecule is CNCCC1C=CC=CN1. The highest BCUT2D eigenvalue weighted by Crippen LogP contribution is 1.97. The van der Waals surface area contributed by atoms with Crippen LogP contribution in [0.3, 0.4) is 0 Å². The molecule has 1 rings (SSSR count). The summed E-state index contributed by atoms with van der Waals surface area (Å²) in [4.78, 5) is 0. The molecule has 1 aliphatic heterocycles. The first-order chi connectivity index (χ1) is 4.93. The molecule has 0 bridgehead atoms. The highest BCUT2D eigenvalue weighted by Gasteiger charge is 2.00. The fourth-order valence-electron chi connectivity index (χ4n) is 0.968. The second kappa shape index (κ2) is 4.12. The minimum Gasteiger partial charge on any atom is -0.385 e. The summed E-state index contributed by atoms with van der Waals surface area (Å²) in [7, 11) is 1.97. The molecule has 0 aliphatic carbocycles. The van der Waals surface area contributed by atoms with Crippen LogP contribution >= 0.6 is 0 Å². The average molecular weight is 138 g/mol. The largest absolute Gasteiger partial charge is 0.385 e. The van der Waals surface area contributed by atoms with Crippen molar-refractivity contribution in [2.75, 3.05) is 13.6 Å². The van der Waals surface area contributed by atoms with Crippen molar-refractivity contribution in [2.24, 2.45) is 0 Å². The van der Waals surface area contributed by atoms with Gasteiger partial charge in [0, 0.05) is 6.04 Å². The van der Waals surface area contributed by atoms with Crippen LogP contribution in [0.25, 0.3) is 0 Å². The van der Waals surface area contributed by atoms with Gasteiger partial charge in [0.05, 0.1) is 0 Å². The van der Waals surface area contributed by atoms with Gasteiger partial charge >= 0.3 is 0 Å². The molecule has 0 saturated heterocycles. The van der Waals surface area contributed by atoms with Crippen LogP contribution in [0.1, 0.15) is 6.42 Å². The van der Waals surface area contributed by atoms with E-state index >= 15 is 0 Å². The fraction of sp³-hybridized carbons (Fsp3) is 0.500. The first-order valence-corrected chi connectivity index (χ1v) is 3.67. The summed E-state index contributed by atoms with van der Waals surface area (Å²) in [6.07, 6.45) is 9.40. The van der Waals surface area contributed by atoms with Crippen LogP contribution < -0.4 is 10.6 Å². The molecule has 0 saturated carbocycles. The van der Waals surface area contributed by atoms with Crippen molar-refractivity contribution >= 4 is 0 Å². The molecule has 0 aromatic heterocycles. The Morgan fingerprint density at radius 1 is 1.50 bits per heavy atom. The molecule has 1 atom stereocenters. The Labute approximate surface area is 62.0 Å². The molecule has 0 amide bonds. The van der Waals surface area contributed by atoms with Crippen molar-refractivity contribution in [1.29, 1.82) is 0 Å². The lowest BCUT2D eigenvalue weighted by molar-refractivity contribution is 0.604. The zero-order valence-corrected chi connectivity index (χ0v) is 6.30. The molecular formula is C8H14N2. The van der Waals surface area contributed by atoms with Crippen molar-refractivity contribution in [2.45, 2.75) is 12.5 Å². The first kappa shape index (κ1) is 7.35. The van der Waals surface area contributed by atoms with E-state index in [2.05, 4.69) is 22.8 Å². The van der Waals surface area contributed by atoms with Crippen LogP contribution in [0.4, 0.5) is 0 Å². The first-order valence-electron chi connectivity index (χ1n) is 3.67. The van der Waals surface area contributed by atoms with E-state index in [1.807, 2.05) is 19.3 Å². The Hall–Kier alpha value is -0.760. The molecule has 1 unspecified atom stereocenters. The Morgan fingerprint density at radius 2 is 2.40 bits per heavy atom. The molecule has 0 aromatic rings. The molecule has 56 valence electrons. The summed E-state index contributed by atoms with van der Waals surface area (Å²) >= 11 is 0. The molecule has 2 heteroatoms. The summed E-state index contributed by atoms with van der Waals surface area (Å²) in [5.41, 5.74) is 0. The maximum absolute atomic E-state index is 3.25. The predicted molar refractivity (Wildman–Crippen MR) is 43.7 cm³/mol. The van der Waals surface area contributed by atoms with Gasteiger partial charge in [-0.25, -0.2) is 0 Å². The van der Waals surface area contributed by atoms with E-state index in [0.717, 1.165) is 13.0 Å². The van der Waals surface area contributed by atoms with Crippen molar-refractivity contribution < 1.29 is 0 Å². The lowest BCUT2D eigenvalue weighted by Gasteiger charge is -2.14. The third-order valence-electron chi connectivity index (χ3n) is 1.57. The maximum atomic E-state index is 3.25. The smallest absolute Gasteiger partial charge is 0.0454 e. The molecule has 0 fully saturated rings. The van der Waals surface area contributed by atoms with Gasteiger partial charge in [0.25, 0.3) is 0 Å². The standard InChI is InChI=1S/C8H14N2/c1-9-7-5-8-4-2-3-6-10-8/h2-4,6,8-10H,5,7H2,1H3. The highest BCUT2D eigenvalue weighted by atomic mass is 14.9. The molecule has 0 aromatic carbocycles. The zero-order valence-electron chi connectivity index (χ0n) is 6.30. The van der Waals surface area contributed by atoms with E-state index in [-0.39, 0.29) is 0 Å². The topological polar surface area (TPSA) is 24.1 Å². The number of hydrogen-bond donors (Lipinski definition) is 2. The van der Waals surface area contributed by atoms with Gasteiger partial charge in [-0.2, -0.15) is 0 Å².